The van der Waals surface area contributed by atoms with Crippen LogP contribution in [0.1, 0.15) is 213 Å². The second-order valence-electron chi connectivity index (χ2n) is 20.5. The minimum absolute atomic E-state index is 0.137. The molecule has 0 aromatic carbocycles. The Morgan fingerprint density at radius 1 is 0.408 bits per heavy atom. The zero-order valence-electron chi connectivity index (χ0n) is 48.8. The number of quaternary nitrogens is 1. The molecule has 0 aromatic heterocycles. The molecule has 0 heterocycles. The number of carbonyl (C=O) groups excluding carboxylic acids is 3. The molecule has 76 heavy (non-hydrogen) atoms. The third-order valence-corrected chi connectivity index (χ3v) is 12.1. The maximum atomic E-state index is 12.9. The van der Waals surface area contributed by atoms with Crippen LogP contribution in [0.2, 0.25) is 0 Å². The van der Waals surface area contributed by atoms with E-state index in [4.69, 9.17) is 18.9 Å². The molecule has 0 aliphatic carbocycles. The zero-order valence-corrected chi connectivity index (χ0v) is 48.8. The van der Waals surface area contributed by atoms with E-state index in [1.54, 1.807) is 0 Å². The predicted molar refractivity (Wildman–Crippen MR) is 319 cm³/mol. The SMILES string of the molecule is CC/C=C\C/C=C\C/C=C\C/C=C\C/C=C\C/C=C\C/C=C\C/C=C\C/C=C\CCCCCCCCCCCC(=O)OC(COC(=O)CCCCCCC/C=C\C/C=C\CCCC)COC(OCC[N+](C)(C)C)C(=O)[O-]. The maximum absolute atomic E-state index is 12.9. The monoisotopic (exact) mass is 1060 g/mol. The highest BCUT2D eigenvalue weighted by Crippen LogP contribution is 2.14. The van der Waals surface area contributed by atoms with Gasteiger partial charge in [-0.25, -0.2) is 0 Å². The Morgan fingerprint density at radius 3 is 1.12 bits per heavy atom. The van der Waals surface area contributed by atoms with E-state index < -0.39 is 24.3 Å². The highest BCUT2D eigenvalue weighted by atomic mass is 16.7. The van der Waals surface area contributed by atoms with Crippen molar-refractivity contribution in [2.45, 2.75) is 225 Å². The van der Waals surface area contributed by atoms with Crippen molar-refractivity contribution < 1.29 is 42.9 Å². The molecule has 0 amide bonds. The minimum atomic E-state index is -1.63. The Kier molecular flexibility index (Phi) is 53.2. The summed E-state index contributed by atoms with van der Waals surface area (Å²) in [4.78, 5) is 37.2. The van der Waals surface area contributed by atoms with E-state index >= 15 is 0 Å². The summed E-state index contributed by atoms with van der Waals surface area (Å²) in [5.74, 6) is -2.32. The van der Waals surface area contributed by atoms with Crippen molar-refractivity contribution in [3.63, 3.8) is 0 Å². The van der Waals surface area contributed by atoms with Crippen molar-refractivity contribution in [2.75, 3.05) is 47.5 Å². The van der Waals surface area contributed by atoms with Gasteiger partial charge in [0.25, 0.3) is 0 Å². The molecule has 0 saturated heterocycles. The number of hydrogen-bond acceptors (Lipinski definition) is 8. The fourth-order valence-electron chi connectivity index (χ4n) is 7.54. The molecule has 0 aromatic rings. The van der Waals surface area contributed by atoms with E-state index in [2.05, 4.69) is 148 Å². The van der Waals surface area contributed by atoms with Crippen LogP contribution in [0.5, 0.6) is 0 Å². The maximum Gasteiger partial charge on any atom is 0.306 e. The second kappa shape index (κ2) is 56.6. The van der Waals surface area contributed by atoms with E-state index in [1.165, 1.54) is 44.9 Å². The van der Waals surface area contributed by atoms with Gasteiger partial charge >= 0.3 is 11.9 Å². The predicted octanol–water partition coefficient (Wildman–Crippen LogP) is 16.5. The molecule has 430 valence electrons. The second-order valence-corrected chi connectivity index (χ2v) is 20.5. The van der Waals surface area contributed by atoms with Gasteiger partial charge in [-0.2, -0.15) is 0 Å². The van der Waals surface area contributed by atoms with Crippen LogP contribution in [0, 0.1) is 0 Å². The lowest BCUT2D eigenvalue weighted by atomic mass is 10.1. The van der Waals surface area contributed by atoms with Crippen molar-refractivity contribution >= 4 is 17.9 Å². The minimum Gasteiger partial charge on any atom is -0.545 e. The fraction of sp³-hybridized carbons (Fsp3) is 0.627. The molecule has 0 N–H and O–H groups in total. The first kappa shape index (κ1) is 71.4. The summed E-state index contributed by atoms with van der Waals surface area (Å²) in [6.45, 7) is 4.54. The molecule has 0 rings (SSSR count). The summed E-state index contributed by atoms with van der Waals surface area (Å²) < 4.78 is 22.6. The van der Waals surface area contributed by atoms with Gasteiger partial charge in [0.15, 0.2) is 12.4 Å². The van der Waals surface area contributed by atoms with Gasteiger partial charge < -0.3 is 33.3 Å². The number of carboxylic acid groups (broad SMARTS) is 1. The summed E-state index contributed by atoms with van der Waals surface area (Å²) in [5.41, 5.74) is 0. The van der Waals surface area contributed by atoms with E-state index in [9.17, 15) is 19.5 Å². The van der Waals surface area contributed by atoms with Crippen molar-refractivity contribution in [3.8, 4) is 0 Å². The topological polar surface area (TPSA) is 111 Å². The lowest BCUT2D eigenvalue weighted by Crippen LogP contribution is -2.44. The Bertz CT molecular complexity index is 1700. The third-order valence-electron chi connectivity index (χ3n) is 12.1. The standard InChI is InChI=1S/C67H109NO8/c1-6-8-10-12-14-16-18-20-22-23-24-25-26-27-28-29-30-31-32-33-34-35-36-37-38-39-40-41-42-43-44-46-48-50-52-54-56-58-65(70)76-63(62-75-67(66(71)72)73-60-59-68(3,4)5)61-74-64(69)57-55-53-51-49-47-45-21-19-17-15-13-11-9-7-2/h8,10,13-16,19-22,24-25,27-28,30-31,33-34,36-37,39-40,63,67H,6-7,9,11-12,17-18,23,26,29,32,35,38,41-62H2,1-5H3/b10-8-,15-13-,16-14-,21-19-,22-20-,25-24-,28-27-,31-30-,34-33-,37-36-,40-39-. The van der Waals surface area contributed by atoms with Gasteiger partial charge in [-0.3, -0.25) is 9.59 Å². The van der Waals surface area contributed by atoms with Gasteiger partial charge in [-0.1, -0.05) is 225 Å². The third kappa shape index (κ3) is 57.1. The molecule has 2 atom stereocenters. The van der Waals surface area contributed by atoms with Crippen LogP contribution in [0.3, 0.4) is 0 Å². The van der Waals surface area contributed by atoms with Crippen LogP contribution < -0.4 is 5.11 Å². The zero-order chi connectivity index (χ0) is 55.5. The van der Waals surface area contributed by atoms with Gasteiger partial charge in [0.2, 0.25) is 0 Å². The Labute approximate surface area is 465 Å². The highest BCUT2D eigenvalue weighted by molar-refractivity contribution is 5.70. The summed E-state index contributed by atoms with van der Waals surface area (Å²) in [6.07, 6.45) is 77.9. The summed E-state index contributed by atoms with van der Waals surface area (Å²) in [6, 6.07) is 0. The van der Waals surface area contributed by atoms with Gasteiger partial charge in [0.05, 0.1) is 40.3 Å². The molecule has 0 aliphatic heterocycles. The van der Waals surface area contributed by atoms with Gasteiger partial charge in [0.1, 0.15) is 13.2 Å². The number of aliphatic carboxylic acids is 1. The number of unbranched alkanes of at least 4 members (excludes halogenated alkanes) is 16. The van der Waals surface area contributed by atoms with E-state index in [-0.39, 0.29) is 38.6 Å². The number of rotatable bonds is 53. The molecule has 0 fully saturated rings. The fourth-order valence-corrected chi connectivity index (χ4v) is 7.54. The Balaban J connectivity index is 4.20. The number of allylic oxidation sites excluding steroid dienone is 22. The molecule has 0 radical (unpaired) electrons. The molecule has 0 saturated carbocycles. The highest BCUT2D eigenvalue weighted by Gasteiger charge is 2.22. The van der Waals surface area contributed by atoms with Crippen molar-refractivity contribution in [1.82, 2.24) is 0 Å². The number of ether oxygens (including phenoxy) is 4. The van der Waals surface area contributed by atoms with Crippen molar-refractivity contribution in [1.29, 1.82) is 0 Å². The van der Waals surface area contributed by atoms with Crippen molar-refractivity contribution in [3.05, 3.63) is 134 Å². The van der Waals surface area contributed by atoms with Crippen LogP contribution in [0.4, 0.5) is 0 Å². The lowest BCUT2D eigenvalue weighted by molar-refractivity contribution is -0.870. The molecule has 0 spiro atoms. The molecular formula is C67H109NO8. The summed E-state index contributed by atoms with van der Waals surface area (Å²) in [7, 11) is 5.90. The molecule has 9 nitrogen and oxygen atoms in total. The van der Waals surface area contributed by atoms with Crippen LogP contribution in [-0.2, 0) is 33.3 Å². The molecule has 0 aliphatic rings. The number of nitrogens with zero attached hydrogens (tertiary/aromatic N) is 1. The van der Waals surface area contributed by atoms with Crippen LogP contribution >= 0.6 is 0 Å². The first-order valence-corrected chi connectivity index (χ1v) is 29.8. The lowest BCUT2D eigenvalue weighted by Gasteiger charge is -2.26. The number of carbonyl (C=O) groups is 3. The molecule has 9 heteroatoms. The van der Waals surface area contributed by atoms with Crippen LogP contribution in [-0.4, -0.2) is 82.3 Å². The Morgan fingerprint density at radius 2 is 0.750 bits per heavy atom. The number of esters is 2. The smallest absolute Gasteiger partial charge is 0.306 e. The summed E-state index contributed by atoms with van der Waals surface area (Å²) in [5, 5.41) is 11.8. The molecule has 0 bridgehead atoms. The van der Waals surface area contributed by atoms with Crippen LogP contribution in [0.15, 0.2) is 134 Å². The Hall–Kier alpha value is -4.57. The van der Waals surface area contributed by atoms with E-state index in [0.717, 1.165) is 128 Å². The number of likely N-dealkylation sites (N-methyl/N-ethyl adjacent to an activating group) is 1. The number of hydrogen-bond donors (Lipinski definition) is 0. The van der Waals surface area contributed by atoms with E-state index in [1.807, 2.05) is 21.1 Å². The van der Waals surface area contributed by atoms with Gasteiger partial charge in [-0.05, 0) is 109 Å². The average Bonchev–Trinajstić information content (AvgIpc) is 3.39. The van der Waals surface area contributed by atoms with E-state index in [0.29, 0.717) is 23.9 Å². The quantitative estimate of drug-likeness (QED) is 0.0195. The molecular weight excluding hydrogens is 947 g/mol. The normalized spacial score (nSPS) is 13.8. The number of carboxylic acids is 1. The van der Waals surface area contributed by atoms with Crippen molar-refractivity contribution in [2.24, 2.45) is 0 Å². The first-order valence-electron chi connectivity index (χ1n) is 29.8. The van der Waals surface area contributed by atoms with Gasteiger partial charge in [-0.15, -0.1) is 0 Å². The molecule has 2 unspecified atom stereocenters. The largest absolute Gasteiger partial charge is 0.545 e. The average molecular weight is 1060 g/mol. The first-order chi connectivity index (χ1) is 37.1. The summed E-state index contributed by atoms with van der Waals surface area (Å²) >= 11 is 0. The van der Waals surface area contributed by atoms with Gasteiger partial charge in [0, 0.05) is 12.8 Å². The van der Waals surface area contributed by atoms with Crippen LogP contribution in [0.25, 0.3) is 0 Å².